The molecule has 1 nitrogen and oxygen atoms in total. The summed E-state index contributed by atoms with van der Waals surface area (Å²) in [5.41, 5.74) is 1.34. The van der Waals surface area contributed by atoms with Crippen LogP contribution in [0, 0.1) is 0 Å². The van der Waals surface area contributed by atoms with Crippen LogP contribution in [0.15, 0.2) is 36.4 Å². The maximum atomic E-state index is 5.49. The van der Waals surface area contributed by atoms with Crippen molar-refractivity contribution in [1.82, 2.24) is 0 Å². The molecule has 0 unspecified atom stereocenters. The molecule has 14 heavy (non-hydrogen) atoms. The Morgan fingerprint density at radius 3 is 2.50 bits per heavy atom. The summed E-state index contributed by atoms with van der Waals surface area (Å²) in [6, 6.07) is 8.20. The van der Waals surface area contributed by atoms with Crippen LogP contribution in [0.1, 0.15) is 12.5 Å². The standard InChI is InChI=1S/C12H16OS/c1-2-11-5-7-12(8-6-11)13-9-3-4-10-14/h3-8,14H,2,9-10H2,1H3. The van der Waals surface area contributed by atoms with Gasteiger partial charge in [0, 0.05) is 5.75 Å². The second-order valence-corrected chi connectivity index (χ2v) is 3.33. The van der Waals surface area contributed by atoms with E-state index in [2.05, 4.69) is 31.7 Å². The largest absolute Gasteiger partial charge is 0.490 e. The summed E-state index contributed by atoms with van der Waals surface area (Å²) >= 11 is 4.06. The molecule has 0 amide bonds. The number of rotatable bonds is 5. The lowest BCUT2D eigenvalue weighted by atomic mass is 10.2. The molecule has 0 saturated heterocycles. The Hall–Kier alpha value is -0.890. The minimum absolute atomic E-state index is 0.617. The molecule has 0 saturated carbocycles. The number of benzene rings is 1. The highest BCUT2D eigenvalue weighted by molar-refractivity contribution is 7.80. The summed E-state index contributed by atoms with van der Waals surface area (Å²) in [4.78, 5) is 0. The van der Waals surface area contributed by atoms with E-state index in [1.165, 1.54) is 5.56 Å². The van der Waals surface area contributed by atoms with E-state index in [1.807, 2.05) is 24.3 Å². The molecule has 0 fully saturated rings. The van der Waals surface area contributed by atoms with Gasteiger partial charge in [0.2, 0.25) is 0 Å². The molecule has 0 aromatic heterocycles. The fraction of sp³-hybridized carbons (Fsp3) is 0.333. The van der Waals surface area contributed by atoms with Crippen LogP contribution in [0.3, 0.4) is 0 Å². The minimum Gasteiger partial charge on any atom is -0.490 e. The van der Waals surface area contributed by atoms with Crippen LogP contribution in [0.25, 0.3) is 0 Å². The molecule has 0 heterocycles. The Morgan fingerprint density at radius 1 is 1.21 bits per heavy atom. The number of hydrogen-bond acceptors (Lipinski definition) is 2. The lowest BCUT2D eigenvalue weighted by molar-refractivity contribution is 0.362. The summed E-state index contributed by atoms with van der Waals surface area (Å²) in [5.74, 6) is 1.68. The van der Waals surface area contributed by atoms with Gasteiger partial charge in [-0.05, 0) is 24.1 Å². The second kappa shape index (κ2) is 6.55. The Bertz CT molecular complexity index is 277. The summed E-state index contributed by atoms with van der Waals surface area (Å²) in [6.45, 7) is 2.76. The van der Waals surface area contributed by atoms with Gasteiger partial charge < -0.3 is 4.74 Å². The first-order valence-electron chi connectivity index (χ1n) is 4.84. The number of hydrogen-bond donors (Lipinski definition) is 1. The van der Waals surface area contributed by atoms with Crippen molar-refractivity contribution in [3.63, 3.8) is 0 Å². The molecule has 0 aliphatic carbocycles. The molecular formula is C12H16OS. The van der Waals surface area contributed by atoms with Crippen molar-refractivity contribution in [3.8, 4) is 5.75 Å². The van der Waals surface area contributed by atoms with Crippen LogP contribution in [0.4, 0.5) is 0 Å². The molecule has 0 aliphatic heterocycles. The Morgan fingerprint density at radius 2 is 1.93 bits per heavy atom. The van der Waals surface area contributed by atoms with E-state index in [0.717, 1.165) is 17.9 Å². The molecule has 0 N–H and O–H groups in total. The van der Waals surface area contributed by atoms with Crippen molar-refractivity contribution >= 4 is 12.6 Å². The first kappa shape index (κ1) is 11.2. The third kappa shape index (κ3) is 3.88. The Labute approximate surface area is 91.2 Å². The number of ether oxygens (including phenoxy) is 1. The molecule has 2 heteroatoms. The van der Waals surface area contributed by atoms with E-state index in [-0.39, 0.29) is 0 Å². The third-order valence-electron chi connectivity index (χ3n) is 1.95. The number of thiol groups is 1. The topological polar surface area (TPSA) is 9.23 Å². The summed E-state index contributed by atoms with van der Waals surface area (Å²) in [7, 11) is 0. The molecule has 76 valence electrons. The Kier molecular flexibility index (Phi) is 5.23. The monoisotopic (exact) mass is 208 g/mol. The van der Waals surface area contributed by atoms with Crippen LogP contribution < -0.4 is 4.74 Å². The number of aryl methyl sites for hydroxylation is 1. The summed E-state index contributed by atoms with van der Waals surface area (Å²) in [6.07, 6.45) is 5.02. The van der Waals surface area contributed by atoms with Crippen molar-refractivity contribution in [2.45, 2.75) is 13.3 Å². The highest BCUT2D eigenvalue weighted by atomic mass is 32.1. The van der Waals surface area contributed by atoms with E-state index in [1.54, 1.807) is 0 Å². The summed E-state index contributed by atoms with van der Waals surface area (Å²) in [5, 5.41) is 0. The van der Waals surface area contributed by atoms with Gasteiger partial charge >= 0.3 is 0 Å². The van der Waals surface area contributed by atoms with E-state index >= 15 is 0 Å². The van der Waals surface area contributed by atoms with Crippen molar-refractivity contribution in [3.05, 3.63) is 42.0 Å². The van der Waals surface area contributed by atoms with Crippen LogP contribution >= 0.6 is 12.6 Å². The molecular weight excluding hydrogens is 192 g/mol. The van der Waals surface area contributed by atoms with Gasteiger partial charge in [0.05, 0.1) is 0 Å². The van der Waals surface area contributed by atoms with Crippen LogP contribution in [-0.2, 0) is 6.42 Å². The lowest BCUT2D eigenvalue weighted by Crippen LogP contribution is -1.93. The van der Waals surface area contributed by atoms with Gasteiger partial charge in [-0.15, -0.1) is 0 Å². The van der Waals surface area contributed by atoms with Crippen molar-refractivity contribution in [1.29, 1.82) is 0 Å². The quantitative estimate of drug-likeness (QED) is 0.578. The molecule has 1 aromatic rings. The van der Waals surface area contributed by atoms with Crippen molar-refractivity contribution < 1.29 is 4.74 Å². The fourth-order valence-corrected chi connectivity index (χ4v) is 1.26. The zero-order valence-electron chi connectivity index (χ0n) is 8.44. The maximum absolute atomic E-state index is 5.49. The average Bonchev–Trinajstić information content (AvgIpc) is 2.25. The van der Waals surface area contributed by atoms with E-state index < -0.39 is 0 Å². The van der Waals surface area contributed by atoms with Gasteiger partial charge in [0.1, 0.15) is 12.4 Å². The maximum Gasteiger partial charge on any atom is 0.119 e. The van der Waals surface area contributed by atoms with Gasteiger partial charge in [-0.1, -0.05) is 31.2 Å². The zero-order chi connectivity index (χ0) is 10.2. The van der Waals surface area contributed by atoms with E-state index in [4.69, 9.17) is 4.74 Å². The lowest BCUT2D eigenvalue weighted by Gasteiger charge is -2.03. The molecule has 0 bridgehead atoms. The fourth-order valence-electron chi connectivity index (χ4n) is 1.11. The zero-order valence-corrected chi connectivity index (χ0v) is 9.34. The summed E-state index contributed by atoms with van der Waals surface area (Å²) < 4.78 is 5.49. The molecule has 1 aromatic carbocycles. The highest BCUT2D eigenvalue weighted by Crippen LogP contribution is 2.12. The predicted molar refractivity (Wildman–Crippen MR) is 64.3 cm³/mol. The second-order valence-electron chi connectivity index (χ2n) is 2.96. The third-order valence-corrected chi connectivity index (χ3v) is 2.16. The van der Waals surface area contributed by atoms with Gasteiger partial charge in [-0.25, -0.2) is 0 Å². The molecule has 1 rings (SSSR count). The van der Waals surface area contributed by atoms with Gasteiger partial charge in [0.25, 0.3) is 0 Å². The van der Waals surface area contributed by atoms with Gasteiger partial charge in [0.15, 0.2) is 0 Å². The molecule has 0 atom stereocenters. The van der Waals surface area contributed by atoms with Crippen LogP contribution in [-0.4, -0.2) is 12.4 Å². The van der Waals surface area contributed by atoms with E-state index in [0.29, 0.717) is 6.61 Å². The van der Waals surface area contributed by atoms with Gasteiger partial charge in [-0.2, -0.15) is 12.6 Å². The predicted octanol–water partition coefficient (Wildman–Crippen LogP) is 3.11. The van der Waals surface area contributed by atoms with Crippen LogP contribution in [0.5, 0.6) is 5.75 Å². The first-order chi connectivity index (χ1) is 6.86. The molecule has 0 radical (unpaired) electrons. The smallest absolute Gasteiger partial charge is 0.119 e. The first-order valence-corrected chi connectivity index (χ1v) is 5.47. The highest BCUT2D eigenvalue weighted by Gasteiger charge is 1.91. The minimum atomic E-state index is 0.617. The van der Waals surface area contributed by atoms with E-state index in [9.17, 15) is 0 Å². The van der Waals surface area contributed by atoms with Gasteiger partial charge in [-0.3, -0.25) is 0 Å². The van der Waals surface area contributed by atoms with Crippen LogP contribution in [0.2, 0.25) is 0 Å². The van der Waals surface area contributed by atoms with Crippen molar-refractivity contribution in [2.75, 3.05) is 12.4 Å². The molecule has 0 spiro atoms. The molecule has 0 aliphatic rings. The van der Waals surface area contributed by atoms with Crippen molar-refractivity contribution in [2.24, 2.45) is 0 Å². The average molecular weight is 208 g/mol. The SMILES string of the molecule is CCc1ccc(OCC=CCS)cc1. The normalized spacial score (nSPS) is 10.7. The Balaban J connectivity index is 2.40.